The molecule has 3 heteroatoms. The fourth-order valence-electron chi connectivity index (χ4n) is 2.25. The topological polar surface area (TPSA) is 21.3 Å². The third kappa shape index (κ3) is 2.73. The van der Waals surface area contributed by atoms with E-state index in [1.807, 2.05) is 0 Å². The van der Waals surface area contributed by atoms with Crippen LogP contribution >= 0.6 is 11.3 Å². The van der Waals surface area contributed by atoms with Crippen molar-refractivity contribution in [3.8, 4) is 0 Å². The van der Waals surface area contributed by atoms with Crippen LogP contribution in [0.1, 0.15) is 32.3 Å². The average molecular weight is 225 g/mol. The van der Waals surface area contributed by atoms with E-state index in [-0.39, 0.29) is 0 Å². The molecule has 2 rings (SSSR count). The Morgan fingerprint density at radius 3 is 2.47 bits per heavy atom. The highest BCUT2D eigenvalue weighted by atomic mass is 32.1. The van der Waals surface area contributed by atoms with E-state index in [1.165, 1.54) is 11.3 Å². The lowest BCUT2D eigenvalue weighted by atomic mass is 9.99. The van der Waals surface area contributed by atoms with E-state index in [0.29, 0.717) is 18.2 Å². The first kappa shape index (κ1) is 11.0. The summed E-state index contributed by atoms with van der Waals surface area (Å²) in [7, 11) is 0. The van der Waals surface area contributed by atoms with Gasteiger partial charge in [0, 0.05) is 17.1 Å². The van der Waals surface area contributed by atoms with Gasteiger partial charge in [0.05, 0.1) is 12.2 Å². The molecule has 0 amide bonds. The van der Waals surface area contributed by atoms with Crippen LogP contribution in [-0.4, -0.2) is 18.2 Å². The largest absolute Gasteiger partial charge is 0.381 e. The van der Waals surface area contributed by atoms with Gasteiger partial charge in [-0.1, -0.05) is 0 Å². The minimum atomic E-state index is 0.380. The van der Waals surface area contributed by atoms with Crippen LogP contribution in [0.3, 0.4) is 0 Å². The first-order valence-corrected chi connectivity index (χ1v) is 6.54. The molecular formula is C12H19NOS. The van der Waals surface area contributed by atoms with Gasteiger partial charge >= 0.3 is 0 Å². The zero-order valence-corrected chi connectivity index (χ0v) is 10.4. The molecule has 2 heterocycles. The molecule has 1 fully saturated rings. The molecule has 1 N–H and O–H groups in total. The summed E-state index contributed by atoms with van der Waals surface area (Å²) in [5.41, 5.74) is 2.65. The number of ether oxygens (including phenoxy) is 1. The van der Waals surface area contributed by atoms with Crippen molar-refractivity contribution in [3.05, 3.63) is 16.3 Å². The third-order valence-corrected chi connectivity index (χ3v) is 3.77. The van der Waals surface area contributed by atoms with E-state index >= 15 is 0 Å². The van der Waals surface area contributed by atoms with Gasteiger partial charge in [-0.2, -0.15) is 0 Å². The summed E-state index contributed by atoms with van der Waals surface area (Å²) in [6, 6.07) is 0.567. The maximum absolute atomic E-state index is 5.73. The maximum Gasteiger partial charge on any atom is 0.0570 e. The second kappa shape index (κ2) is 4.54. The molecule has 0 saturated carbocycles. The normalized spacial score (nSPS) is 31.5. The number of hydrogen-bond donors (Lipinski definition) is 1. The molecule has 1 saturated heterocycles. The fourth-order valence-corrected chi connectivity index (χ4v) is 3.04. The summed E-state index contributed by atoms with van der Waals surface area (Å²) in [6.07, 6.45) is 2.98. The van der Waals surface area contributed by atoms with E-state index in [2.05, 4.69) is 36.8 Å². The molecule has 84 valence electrons. The maximum atomic E-state index is 5.73. The first-order chi connectivity index (χ1) is 7.15. The lowest BCUT2D eigenvalue weighted by Gasteiger charge is -2.33. The van der Waals surface area contributed by atoms with E-state index in [0.717, 1.165) is 12.8 Å². The van der Waals surface area contributed by atoms with Gasteiger partial charge in [0.15, 0.2) is 0 Å². The van der Waals surface area contributed by atoms with Crippen LogP contribution < -0.4 is 5.32 Å². The highest BCUT2D eigenvalue weighted by Crippen LogP contribution is 2.26. The minimum absolute atomic E-state index is 0.380. The Bertz CT molecular complexity index is 313. The van der Waals surface area contributed by atoms with Gasteiger partial charge in [0.25, 0.3) is 0 Å². The smallest absolute Gasteiger partial charge is 0.0570 e. The standard InChI is InChI=1S/C12H19NOS/c1-8-6-15-7-12(8)13-11-4-9(2)14-10(3)5-11/h6-7,9-11,13H,4-5H2,1-3H3. The van der Waals surface area contributed by atoms with E-state index < -0.39 is 0 Å². The molecule has 0 spiro atoms. The lowest BCUT2D eigenvalue weighted by molar-refractivity contribution is -0.0337. The Balaban J connectivity index is 1.97. The SMILES string of the molecule is Cc1cscc1NC1CC(C)OC(C)C1. The molecule has 1 aromatic rings. The van der Waals surface area contributed by atoms with Gasteiger partial charge in [0.2, 0.25) is 0 Å². The predicted molar refractivity (Wildman–Crippen MR) is 65.7 cm³/mol. The molecule has 0 radical (unpaired) electrons. The Morgan fingerprint density at radius 2 is 1.93 bits per heavy atom. The molecule has 2 nitrogen and oxygen atoms in total. The molecular weight excluding hydrogens is 206 g/mol. The number of rotatable bonds is 2. The second-order valence-corrected chi connectivity index (χ2v) is 5.28. The molecule has 0 aliphatic carbocycles. The average Bonchev–Trinajstić information content (AvgIpc) is 2.50. The van der Waals surface area contributed by atoms with Crippen molar-refractivity contribution in [2.24, 2.45) is 0 Å². The van der Waals surface area contributed by atoms with Gasteiger partial charge in [-0.15, -0.1) is 11.3 Å². The fraction of sp³-hybridized carbons (Fsp3) is 0.667. The molecule has 1 aromatic heterocycles. The van der Waals surface area contributed by atoms with Crippen LogP contribution in [0.4, 0.5) is 5.69 Å². The number of hydrogen-bond acceptors (Lipinski definition) is 3. The Kier molecular flexibility index (Phi) is 3.32. The highest BCUT2D eigenvalue weighted by molar-refractivity contribution is 7.08. The van der Waals surface area contributed by atoms with Crippen molar-refractivity contribution >= 4 is 17.0 Å². The molecule has 1 aliphatic heterocycles. The van der Waals surface area contributed by atoms with Gasteiger partial charge in [0.1, 0.15) is 0 Å². The summed E-state index contributed by atoms with van der Waals surface area (Å²) in [6.45, 7) is 6.47. The van der Waals surface area contributed by atoms with Crippen molar-refractivity contribution in [2.75, 3.05) is 5.32 Å². The van der Waals surface area contributed by atoms with Crippen molar-refractivity contribution < 1.29 is 4.74 Å². The molecule has 0 aromatic carbocycles. The number of thiophene rings is 1. The van der Waals surface area contributed by atoms with Crippen LogP contribution in [0.25, 0.3) is 0 Å². The van der Waals surface area contributed by atoms with Crippen molar-refractivity contribution in [3.63, 3.8) is 0 Å². The van der Waals surface area contributed by atoms with Crippen LogP contribution in [0, 0.1) is 6.92 Å². The van der Waals surface area contributed by atoms with Gasteiger partial charge in [-0.3, -0.25) is 0 Å². The molecule has 1 aliphatic rings. The minimum Gasteiger partial charge on any atom is -0.381 e. The van der Waals surface area contributed by atoms with Gasteiger partial charge in [-0.25, -0.2) is 0 Å². The Morgan fingerprint density at radius 1 is 1.27 bits per heavy atom. The summed E-state index contributed by atoms with van der Waals surface area (Å²) < 4.78 is 5.73. The van der Waals surface area contributed by atoms with E-state index in [9.17, 15) is 0 Å². The Hall–Kier alpha value is -0.540. The summed E-state index contributed by atoms with van der Waals surface area (Å²) in [5.74, 6) is 0. The van der Waals surface area contributed by atoms with Gasteiger partial charge in [-0.05, 0) is 44.6 Å². The van der Waals surface area contributed by atoms with E-state index in [4.69, 9.17) is 4.74 Å². The highest BCUT2D eigenvalue weighted by Gasteiger charge is 2.24. The molecule has 15 heavy (non-hydrogen) atoms. The van der Waals surface area contributed by atoms with E-state index in [1.54, 1.807) is 11.3 Å². The van der Waals surface area contributed by atoms with Crippen LogP contribution in [-0.2, 0) is 4.74 Å². The second-order valence-electron chi connectivity index (χ2n) is 4.54. The summed E-state index contributed by atoms with van der Waals surface area (Å²) >= 11 is 1.76. The van der Waals surface area contributed by atoms with Crippen LogP contribution in [0.5, 0.6) is 0 Å². The number of nitrogens with one attached hydrogen (secondary N) is 1. The van der Waals surface area contributed by atoms with Crippen molar-refractivity contribution in [1.29, 1.82) is 0 Å². The zero-order valence-electron chi connectivity index (χ0n) is 9.62. The molecule has 2 atom stereocenters. The third-order valence-electron chi connectivity index (χ3n) is 2.91. The summed E-state index contributed by atoms with van der Waals surface area (Å²) in [4.78, 5) is 0. The van der Waals surface area contributed by atoms with Crippen molar-refractivity contribution in [1.82, 2.24) is 0 Å². The molecule has 0 bridgehead atoms. The summed E-state index contributed by atoms with van der Waals surface area (Å²) in [5, 5.41) is 8.00. The van der Waals surface area contributed by atoms with Gasteiger partial charge < -0.3 is 10.1 Å². The Labute approximate surface area is 95.6 Å². The number of anilines is 1. The lowest BCUT2D eigenvalue weighted by Crippen LogP contribution is -2.36. The quantitative estimate of drug-likeness (QED) is 0.832. The van der Waals surface area contributed by atoms with Crippen LogP contribution in [0.2, 0.25) is 0 Å². The first-order valence-electron chi connectivity index (χ1n) is 5.60. The number of aryl methyl sites for hydroxylation is 1. The van der Waals surface area contributed by atoms with Crippen LogP contribution in [0.15, 0.2) is 10.8 Å². The predicted octanol–water partition coefficient (Wildman–Crippen LogP) is 3.42. The zero-order chi connectivity index (χ0) is 10.8. The molecule has 2 unspecified atom stereocenters. The monoisotopic (exact) mass is 225 g/mol. The van der Waals surface area contributed by atoms with Crippen molar-refractivity contribution in [2.45, 2.75) is 51.9 Å².